The second-order valence-corrected chi connectivity index (χ2v) is 5.90. The second kappa shape index (κ2) is 6.62. The van der Waals surface area contributed by atoms with Gasteiger partial charge in [0.05, 0.1) is 36.4 Å². The number of halogens is 1. The standard InChI is InChI=1S/C16H16ClN3O4/c1-10-13(8-18-20(10)12-4-2-3-11(17)7-12)15(21)19-5-6-24-9-14(19)16(22)23/h2-4,7-8,14H,5-6,9H2,1H3,(H,22,23). The summed E-state index contributed by atoms with van der Waals surface area (Å²) in [6, 6.07) is 6.13. The molecule has 1 N–H and O–H groups in total. The second-order valence-electron chi connectivity index (χ2n) is 5.46. The average Bonchev–Trinajstić information content (AvgIpc) is 2.95. The molecule has 3 rings (SSSR count). The van der Waals surface area contributed by atoms with E-state index < -0.39 is 12.0 Å². The van der Waals surface area contributed by atoms with E-state index in [0.717, 1.165) is 5.69 Å². The molecule has 0 saturated carbocycles. The Morgan fingerprint density at radius 1 is 1.42 bits per heavy atom. The van der Waals surface area contributed by atoms with E-state index in [1.165, 1.54) is 11.1 Å². The van der Waals surface area contributed by atoms with Gasteiger partial charge in [0.15, 0.2) is 6.04 Å². The molecule has 1 saturated heterocycles. The molecular formula is C16H16ClN3O4. The molecule has 1 amide bonds. The smallest absolute Gasteiger partial charge is 0.328 e. The summed E-state index contributed by atoms with van der Waals surface area (Å²) < 4.78 is 6.77. The Morgan fingerprint density at radius 2 is 2.21 bits per heavy atom. The van der Waals surface area contributed by atoms with E-state index in [-0.39, 0.29) is 19.1 Å². The number of carbonyl (C=O) groups excluding carboxylic acids is 1. The molecule has 1 unspecified atom stereocenters. The third kappa shape index (κ3) is 3.00. The summed E-state index contributed by atoms with van der Waals surface area (Å²) in [7, 11) is 0. The maximum Gasteiger partial charge on any atom is 0.328 e. The lowest BCUT2D eigenvalue weighted by atomic mass is 10.1. The summed E-state index contributed by atoms with van der Waals surface area (Å²) in [5.74, 6) is -1.44. The molecule has 7 nitrogen and oxygen atoms in total. The molecule has 0 spiro atoms. The van der Waals surface area contributed by atoms with Crippen molar-refractivity contribution in [3.63, 3.8) is 0 Å². The highest BCUT2D eigenvalue weighted by Gasteiger charge is 2.34. The molecular weight excluding hydrogens is 334 g/mol. The highest BCUT2D eigenvalue weighted by Crippen LogP contribution is 2.20. The number of carboxylic acids is 1. The number of benzene rings is 1. The minimum atomic E-state index is -1.08. The molecule has 2 aromatic rings. The lowest BCUT2D eigenvalue weighted by Crippen LogP contribution is -2.52. The predicted octanol–water partition coefficient (Wildman–Crippen LogP) is 1.76. The first-order chi connectivity index (χ1) is 11.5. The van der Waals surface area contributed by atoms with E-state index in [4.69, 9.17) is 16.3 Å². The Kier molecular flexibility index (Phi) is 4.55. The lowest BCUT2D eigenvalue weighted by molar-refractivity contribution is -0.147. The first kappa shape index (κ1) is 16.5. The lowest BCUT2D eigenvalue weighted by Gasteiger charge is -2.32. The fraction of sp³-hybridized carbons (Fsp3) is 0.312. The normalized spacial score (nSPS) is 17.8. The number of nitrogens with zero attached hydrogens (tertiary/aromatic N) is 3. The summed E-state index contributed by atoms with van der Waals surface area (Å²) >= 11 is 6.00. The van der Waals surface area contributed by atoms with E-state index >= 15 is 0 Å². The SMILES string of the molecule is Cc1c(C(=O)N2CCOCC2C(=O)O)cnn1-c1cccc(Cl)c1. The maximum absolute atomic E-state index is 12.8. The Morgan fingerprint density at radius 3 is 2.92 bits per heavy atom. The average molecular weight is 350 g/mol. The van der Waals surface area contributed by atoms with Crippen LogP contribution in [-0.2, 0) is 9.53 Å². The van der Waals surface area contributed by atoms with E-state index in [2.05, 4.69) is 5.10 Å². The van der Waals surface area contributed by atoms with Crippen molar-refractivity contribution < 1.29 is 19.4 Å². The number of morpholine rings is 1. The van der Waals surface area contributed by atoms with Crippen molar-refractivity contribution in [2.45, 2.75) is 13.0 Å². The van der Waals surface area contributed by atoms with Crippen molar-refractivity contribution in [1.29, 1.82) is 0 Å². The van der Waals surface area contributed by atoms with E-state index in [1.807, 2.05) is 6.07 Å². The number of carbonyl (C=O) groups is 2. The predicted molar refractivity (Wildman–Crippen MR) is 86.6 cm³/mol. The zero-order chi connectivity index (χ0) is 17.3. The number of aliphatic carboxylic acids is 1. The Balaban J connectivity index is 1.92. The summed E-state index contributed by atoms with van der Waals surface area (Å²) in [6.07, 6.45) is 1.45. The molecule has 1 atom stereocenters. The third-order valence-electron chi connectivity index (χ3n) is 3.97. The molecule has 0 bridgehead atoms. The molecule has 1 aliphatic rings. The van der Waals surface area contributed by atoms with Crippen LogP contribution in [0.5, 0.6) is 0 Å². The highest BCUT2D eigenvalue weighted by molar-refractivity contribution is 6.30. The van der Waals surface area contributed by atoms with Gasteiger partial charge in [0.25, 0.3) is 5.91 Å². The zero-order valence-electron chi connectivity index (χ0n) is 13.0. The van der Waals surface area contributed by atoms with Crippen LogP contribution < -0.4 is 0 Å². The quantitative estimate of drug-likeness (QED) is 0.912. The van der Waals surface area contributed by atoms with E-state index in [9.17, 15) is 14.7 Å². The van der Waals surface area contributed by atoms with Crippen LogP contribution in [0.25, 0.3) is 5.69 Å². The minimum Gasteiger partial charge on any atom is -0.480 e. The van der Waals surface area contributed by atoms with Crippen LogP contribution >= 0.6 is 11.6 Å². The summed E-state index contributed by atoms with van der Waals surface area (Å²) in [5.41, 5.74) is 1.72. The van der Waals surface area contributed by atoms with Gasteiger partial charge in [0, 0.05) is 11.6 Å². The first-order valence-electron chi connectivity index (χ1n) is 7.41. The van der Waals surface area contributed by atoms with Gasteiger partial charge in [-0.1, -0.05) is 17.7 Å². The molecule has 24 heavy (non-hydrogen) atoms. The van der Waals surface area contributed by atoms with Crippen LogP contribution in [0.1, 0.15) is 16.1 Å². The number of hydrogen-bond donors (Lipinski definition) is 1. The molecule has 8 heteroatoms. The van der Waals surface area contributed by atoms with Gasteiger partial charge in [0.1, 0.15) is 0 Å². The highest BCUT2D eigenvalue weighted by atomic mass is 35.5. The van der Waals surface area contributed by atoms with Gasteiger partial charge in [-0.15, -0.1) is 0 Å². The molecule has 1 aromatic carbocycles. The van der Waals surface area contributed by atoms with Crippen molar-refractivity contribution >= 4 is 23.5 Å². The van der Waals surface area contributed by atoms with Gasteiger partial charge >= 0.3 is 5.97 Å². The molecule has 2 heterocycles. The molecule has 0 aliphatic carbocycles. The topological polar surface area (TPSA) is 84.7 Å². The Bertz CT molecular complexity index is 789. The fourth-order valence-corrected chi connectivity index (χ4v) is 2.88. The largest absolute Gasteiger partial charge is 0.480 e. The van der Waals surface area contributed by atoms with Crippen LogP contribution in [0.2, 0.25) is 5.02 Å². The van der Waals surface area contributed by atoms with Crippen LogP contribution in [0, 0.1) is 6.92 Å². The summed E-state index contributed by atoms with van der Waals surface area (Å²) in [6.45, 7) is 2.30. The minimum absolute atomic E-state index is 0.0114. The number of rotatable bonds is 3. The van der Waals surface area contributed by atoms with Gasteiger partial charge in [-0.3, -0.25) is 4.79 Å². The number of aromatic nitrogens is 2. The van der Waals surface area contributed by atoms with Crippen LogP contribution in [0.4, 0.5) is 0 Å². The molecule has 0 radical (unpaired) electrons. The first-order valence-corrected chi connectivity index (χ1v) is 7.79. The van der Waals surface area contributed by atoms with Gasteiger partial charge in [-0.2, -0.15) is 5.10 Å². The van der Waals surface area contributed by atoms with Gasteiger partial charge in [-0.25, -0.2) is 9.48 Å². The maximum atomic E-state index is 12.8. The molecule has 1 fully saturated rings. The van der Waals surface area contributed by atoms with Crippen molar-refractivity contribution in [2.75, 3.05) is 19.8 Å². The van der Waals surface area contributed by atoms with Crippen LogP contribution in [0.3, 0.4) is 0 Å². The van der Waals surface area contributed by atoms with Crippen molar-refractivity contribution in [3.05, 3.63) is 46.7 Å². The van der Waals surface area contributed by atoms with Crippen molar-refractivity contribution in [2.24, 2.45) is 0 Å². The molecule has 126 valence electrons. The van der Waals surface area contributed by atoms with E-state index in [0.29, 0.717) is 22.9 Å². The number of hydrogen-bond acceptors (Lipinski definition) is 4. The van der Waals surface area contributed by atoms with Crippen LogP contribution in [0.15, 0.2) is 30.5 Å². The van der Waals surface area contributed by atoms with Gasteiger partial charge in [0.2, 0.25) is 0 Å². The number of carboxylic acid groups (broad SMARTS) is 1. The summed E-state index contributed by atoms with van der Waals surface area (Å²) in [4.78, 5) is 25.4. The van der Waals surface area contributed by atoms with Crippen molar-refractivity contribution in [1.82, 2.24) is 14.7 Å². The number of amides is 1. The Labute approximate surface area is 143 Å². The van der Waals surface area contributed by atoms with E-state index in [1.54, 1.807) is 29.8 Å². The van der Waals surface area contributed by atoms with Gasteiger partial charge in [-0.05, 0) is 25.1 Å². The zero-order valence-corrected chi connectivity index (χ0v) is 13.7. The molecule has 1 aromatic heterocycles. The monoisotopic (exact) mass is 349 g/mol. The molecule has 1 aliphatic heterocycles. The Hall–Kier alpha value is -2.38. The number of ether oxygens (including phenoxy) is 1. The fourth-order valence-electron chi connectivity index (χ4n) is 2.69. The van der Waals surface area contributed by atoms with Gasteiger partial charge < -0.3 is 14.7 Å². The summed E-state index contributed by atoms with van der Waals surface area (Å²) in [5, 5.41) is 14.1. The third-order valence-corrected chi connectivity index (χ3v) is 4.20. The van der Waals surface area contributed by atoms with Crippen LogP contribution in [-0.4, -0.2) is 57.5 Å². The van der Waals surface area contributed by atoms with Crippen molar-refractivity contribution in [3.8, 4) is 5.69 Å².